The summed E-state index contributed by atoms with van der Waals surface area (Å²) in [6.45, 7) is 11.5. The van der Waals surface area contributed by atoms with Gasteiger partial charge in [-0.2, -0.15) is 0 Å². The van der Waals surface area contributed by atoms with Gasteiger partial charge in [0.2, 0.25) is 0 Å². The quantitative estimate of drug-likeness (QED) is 0.0928. The average molecular weight is 863 g/mol. The Labute approximate surface area is 365 Å². The number of halogens is 3. The fourth-order valence-electron chi connectivity index (χ4n) is 7.85. The number of benzene rings is 2. The lowest BCUT2D eigenvalue weighted by Gasteiger charge is -2.11. The number of imidazole rings is 2. The van der Waals surface area contributed by atoms with E-state index >= 15 is 0 Å². The molecule has 0 unspecified atom stereocenters. The van der Waals surface area contributed by atoms with Gasteiger partial charge in [-0.1, -0.05) is 24.3 Å². The minimum Gasteiger partial charge on any atom is -0.368 e. The number of nitrogens with one attached hydrogen (secondary N) is 4. The van der Waals surface area contributed by atoms with Crippen molar-refractivity contribution in [1.82, 2.24) is 59.0 Å². The van der Waals surface area contributed by atoms with Gasteiger partial charge < -0.3 is 29.7 Å². The molecule has 10 rings (SSSR count). The molecular formula is C47H45F3N14. The first-order chi connectivity index (χ1) is 31.0. The maximum Gasteiger partial charge on any atom is 0.166 e. The van der Waals surface area contributed by atoms with Crippen molar-refractivity contribution in [3.05, 3.63) is 133 Å². The molecule has 0 atom stereocenters. The molecule has 324 valence electrons. The van der Waals surface area contributed by atoms with Gasteiger partial charge in [-0.3, -0.25) is 9.97 Å². The largest absolute Gasteiger partial charge is 0.368 e. The third-order valence-electron chi connectivity index (χ3n) is 11.0. The summed E-state index contributed by atoms with van der Waals surface area (Å²) in [5, 5.41) is 8.58. The second kappa shape index (κ2) is 17.6. The average Bonchev–Trinajstić information content (AvgIpc) is 4.08. The molecule has 0 radical (unpaired) electrons. The van der Waals surface area contributed by atoms with Crippen LogP contribution < -0.4 is 10.6 Å². The van der Waals surface area contributed by atoms with E-state index in [0.29, 0.717) is 81.6 Å². The number of H-pyrrole nitrogens is 2. The standard InChI is InChI=1S/C24H24FN7.C23H21F2N7/c1-14(2)32-13-28-21-23(30-22(31-24(21)32)16-10-17(25)12-26-11-16)27-9-8-18-15(3)29-20-7-5-4-6-19(18)20;1-13(2)32-12-29-20-22(30-21(31-23(20)32)15-8-16(24)11-26-9-15)27-7-6-14-10-28-18-5-3-4-17(25)19(14)18/h4-7,10-14,29H,8-9H2,1-3H3,(H,27,30,31);3-5,8-13,28H,6-7H2,1-2H3,(H,27,30,31). The Morgan fingerprint density at radius 3 is 1.80 bits per heavy atom. The summed E-state index contributed by atoms with van der Waals surface area (Å²) < 4.78 is 45.7. The number of hydrogen-bond donors (Lipinski definition) is 4. The zero-order valence-corrected chi connectivity index (χ0v) is 35.8. The van der Waals surface area contributed by atoms with Crippen LogP contribution in [0.1, 0.15) is 56.6 Å². The van der Waals surface area contributed by atoms with Gasteiger partial charge in [0.05, 0.1) is 25.0 Å². The number of pyridine rings is 2. The number of aryl methyl sites for hydroxylation is 1. The Morgan fingerprint density at radius 1 is 0.656 bits per heavy atom. The van der Waals surface area contributed by atoms with Crippen LogP contribution >= 0.6 is 0 Å². The van der Waals surface area contributed by atoms with Gasteiger partial charge in [-0.15, -0.1) is 0 Å². The molecule has 64 heavy (non-hydrogen) atoms. The summed E-state index contributed by atoms with van der Waals surface area (Å²) in [7, 11) is 0. The highest BCUT2D eigenvalue weighted by atomic mass is 19.1. The number of hydrogen-bond acceptors (Lipinski definition) is 10. The monoisotopic (exact) mass is 862 g/mol. The zero-order chi connectivity index (χ0) is 44.5. The van der Waals surface area contributed by atoms with E-state index in [1.54, 1.807) is 24.9 Å². The predicted molar refractivity (Wildman–Crippen MR) is 243 cm³/mol. The molecule has 0 aliphatic carbocycles. The first-order valence-electron chi connectivity index (χ1n) is 21.0. The molecule has 0 amide bonds. The number of anilines is 2. The predicted octanol–water partition coefficient (Wildman–Crippen LogP) is 9.94. The van der Waals surface area contributed by atoms with Crippen LogP contribution in [-0.2, 0) is 12.8 Å². The van der Waals surface area contributed by atoms with Crippen molar-refractivity contribution in [2.24, 2.45) is 0 Å². The molecule has 4 N–H and O–H groups in total. The van der Waals surface area contributed by atoms with Crippen molar-refractivity contribution in [1.29, 1.82) is 0 Å². The molecule has 14 nitrogen and oxygen atoms in total. The fraction of sp³-hybridized carbons (Fsp3) is 0.234. The van der Waals surface area contributed by atoms with Crippen LogP contribution in [0.5, 0.6) is 0 Å². The van der Waals surface area contributed by atoms with Crippen LogP contribution in [0, 0.1) is 24.4 Å². The van der Waals surface area contributed by atoms with Gasteiger partial charge in [0.25, 0.3) is 0 Å². The summed E-state index contributed by atoms with van der Waals surface area (Å²) in [6, 6.07) is 16.4. The summed E-state index contributed by atoms with van der Waals surface area (Å²) in [5.74, 6) is 0.803. The number of rotatable bonds is 12. The lowest BCUT2D eigenvalue weighted by molar-refractivity contribution is 0.612. The van der Waals surface area contributed by atoms with E-state index in [-0.39, 0.29) is 17.9 Å². The van der Waals surface area contributed by atoms with Gasteiger partial charge in [0.15, 0.2) is 34.6 Å². The summed E-state index contributed by atoms with van der Waals surface area (Å²) >= 11 is 0. The summed E-state index contributed by atoms with van der Waals surface area (Å²) in [4.78, 5) is 42.0. The molecule has 0 saturated carbocycles. The van der Waals surface area contributed by atoms with Crippen LogP contribution in [0.3, 0.4) is 0 Å². The van der Waals surface area contributed by atoms with Gasteiger partial charge in [-0.05, 0) is 88.9 Å². The van der Waals surface area contributed by atoms with Crippen LogP contribution in [0.15, 0.2) is 98.2 Å². The Kier molecular flexibility index (Phi) is 11.4. The number of nitrogens with zero attached hydrogens (tertiary/aromatic N) is 10. The normalized spacial score (nSPS) is 11.7. The van der Waals surface area contributed by atoms with Crippen LogP contribution in [0.2, 0.25) is 0 Å². The molecule has 2 aromatic carbocycles. The minimum atomic E-state index is -0.459. The number of aromatic nitrogens is 12. The Hall–Kier alpha value is -7.69. The highest BCUT2D eigenvalue weighted by Crippen LogP contribution is 2.29. The Balaban J connectivity index is 0.000000162. The van der Waals surface area contributed by atoms with E-state index in [4.69, 9.17) is 0 Å². The van der Waals surface area contributed by atoms with Gasteiger partial charge in [0.1, 0.15) is 28.5 Å². The zero-order valence-electron chi connectivity index (χ0n) is 35.8. The van der Waals surface area contributed by atoms with Crippen molar-refractivity contribution in [3.8, 4) is 22.8 Å². The first-order valence-corrected chi connectivity index (χ1v) is 21.0. The molecule has 0 fully saturated rings. The van der Waals surface area contributed by atoms with E-state index in [9.17, 15) is 13.2 Å². The second-order valence-corrected chi connectivity index (χ2v) is 16.0. The van der Waals surface area contributed by atoms with E-state index in [1.807, 2.05) is 41.3 Å². The third-order valence-corrected chi connectivity index (χ3v) is 11.0. The van der Waals surface area contributed by atoms with E-state index < -0.39 is 11.6 Å². The molecular weight excluding hydrogens is 818 g/mol. The lowest BCUT2D eigenvalue weighted by Crippen LogP contribution is -2.09. The van der Waals surface area contributed by atoms with Crippen molar-refractivity contribution in [3.63, 3.8) is 0 Å². The van der Waals surface area contributed by atoms with Crippen molar-refractivity contribution in [2.45, 2.75) is 59.5 Å². The van der Waals surface area contributed by atoms with Gasteiger partial charge in [-0.25, -0.2) is 43.1 Å². The molecule has 0 spiro atoms. The second-order valence-electron chi connectivity index (χ2n) is 16.0. The minimum absolute atomic E-state index is 0.135. The van der Waals surface area contributed by atoms with Crippen molar-refractivity contribution < 1.29 is 13.2 Å². The smallest absolute Gasteiger partial charge is 0.166 e. The van der Waals surface area contributed by atoms with E-state index in [2.05, 4.69) is 99.4 Å². The maximum atomic E-state index is 14.3. The van der Waals surface area contributed by atoms with Gasteiger partial charge in [0, 0.05) is 82.4 Å². The van der Waals surface area contributed by atoms with Crippen LogP contribution in [0.25, 0.3) is 66.9 Å². The van der Waals surface area contributed by atoms with Crippen molar-refractivity contribution in [2.75, 3.05) is 23.7 Å². The Bertz CT molecular complexity index is 3270. The van der Waals surface area contributed by atoms with Crippen LogP contribution in [-0.4, -0.2) is 72.1 Å². The fourth-order valence-corrected chi connectivity index (χ4v) is 7.85. The molecule has 0 aliphatic rings. The van der Waals surface area contributed by atoms with Crippen molar-refractivity contribution >= 4 is 55.8 Å². The first kappa shape index (κ1) is 41.7. The molecule has 8 aromatic heterocycles. The van der Waals surface area contributed by atoms with E-state index in [0.717, 1.165) is 34.9 Å². The maximum absolute atomic E-state index is 14.3. The highest BCUT2D eigenvalue weighted by Gasteiger charge is 2.19. The lowest BCUT2D eigenvalue weighted by atomic mass is 10.1. The molecule has 8 heterocycles. The number of aromatic amines is 2. The topological polar surface area (TPSA) is 169 Å². The molecule has 0 saturated heterocycles. The van der Waals surface area contributed by atoms with E-state index in [1.165, 1.54) is 41.5 Å². The summed E-state index contributed by atoms with van der Waals surface area (Å²) in [6.07, 6.45) is 12.1. The molecule has 0 bridgehead atoms. The molecule has 0 aliphatic heterocycles. The SMILES string of the molecule is CC(C)n1cnc2c(NCCc3c[nH]c4cccc(F)c34)nc(-c3cncc(F)c3)nc21.Cc1[nH]c2ccccc2c1CCNc1nc(-c2cncc(F)c2)nc2c1ncn2C(C)C. The van der Waals surface area contributed by atoms with Crippen LogP contribution in [0.4, 0.5) is 24.8 Å². The van der Waals surface area contributed by atoms with Gasteiger partial charge >= 0.3 is 0 Å². The Morgan fingerprint density at radius 2 is 1.22 bits per heavy atom. The third kappa shape index (κ3) is 8.31. The molecule has 17 heteroatoms. The number of fused-ring (bicyclic) bond motifs is 4. The highest BCUT2D eigenvalue weighted by molar-refractivity contribution is 5.88. The number of para-hydroxylation sites is 1. The molecule has 10 aromatic rings. The summed E-state index contributed by atoms with van der Waals surface area (Å²) in [5.41, 5.74) is 8.90.